The standard InChI is InChI=1S/C14H16BrN3O/c1-8-9(2)17-14(18-13(8)16-3)11-7-10(15)5-6-12(11)19-4/h5-7H,1-4H3,(H,16,17,18). The minimum absolute atomic E-state index is 0.658. The Bertz CT molecular complexity index is 614. The number of rotatable bonds is 3. The third kappa shape index (κ3) is 2.71. The molecule has 100 valence electrons. The van der Waals surface area contributed by atoms with Crippen LogP contribution in [0, 0.1) is 13.8 Å². The van der Waals surface area contributed by atoms with E-state index in [2.05, 4.69) is 31.2 Å². The fourth-order valence-electron chi connectivity index (χ4n) is 1.85. The normalized spacial score (nSPS) is 10.4. The number of nitrogens with one attached hydrogen (secondary N) is 1. The van der Waals surface area contributed by atoms with Gasteiger partial charge in [-0.1, -0.05) is 15.9 Å². The van der Waals surface area contributed by atoms with Crippen molar-refractivity contribution >= 4 is 21.7 Å². The smallest absolute Gasteiger partial charge is 0.165 e. The Morgan fingerprint density at radius 3 is 2.58 bits per heavy atom. The zero-order valence-corrected chi connectivity index (χ0v) is 13.0. The van der Waals surface area contributed by atoms with Crippen LogP contribution < -0.4 is 10.1 Å². The molecule has 0 saturated heterocycles. The Morgan fingerprint density at radius 2 is 1.95 bits per heavy atom. The molecular formula is C14H16BrN3O. The van der Waals surface area contributed by atoms with Gasteiger partial charge in [0.05, 0.1) is 12.7 Å². The Balaban J connectivity index is 2.65. The molecule has 0 unspecified atom stereocenters. The number of anilines is 1. The van der Waals surface area contributed by atoms with Crippen LogP contribution in [0.3, 0.4) is 0 Å². The molecule has 1 heterocycles. The predicted octanol–water partition coefficient (Wildman–Crippen LogP) is 3.57. The van der Waals surface area contributed by atoms with Crippen molar-refractivity contribution in [1.82, 2.24) is 9.97 Å². The lowest BCUT2D eigenvalue weighted by atomic mass is 10.1. The summed E-state index contributed by atoms with van der Waals surface area (Å²) >= 11 is 3.46. The summed E-state index contributed by atoms with van der Waals surface area (Å²) in [5.74, 6) is 2.25. The highest BCUT2D eigenvalue weighted by atomic mass is 79.9. The van der Waals surface area contributed by atoms with Gasteiger partial charge in [-0.15, -0.1) is 0 Å². The fraction of sp³-hybridized carbons (Fsp3) is 0.286. The van der Waals surface area contributed by atoms with Crippen LogP contribution in [-0.2, 0) is 0 Å². The van der Waals surface area contributed by atoms with E-state index in [4.69, 9.17) is 4.74 Å². The number of benzene rings is 1. The Hall–Kier alpha value is -1.62. The van der Waals surface area contributed by atoms with Crippen LogP contribution >= 0.6 is 15.9 Å². The lowest BCUT2D eigenvalue weighted by Gasteiger charge is -2.12. The van der Waals surface area contributed by atoms with Crippen molar-refractivity contribution in [3.63, 3.8) is 0 Å². The van der Waals surface area contributed by atoms with Gasteiger partial charge >= 0.3 is 0 Å². The molecule has 0 saturated carbocycles. The maximum atomic E-state index is 5.38. The third-order valence-corrected chi connectivity index (χ3v) is 3.52. The highest BCUT2D eigenvalue weighted by Gasteiger charge is 2.13. The number of nitrogens with zero attached hydrogens (tertiary/aromatic N) is 2. The van der Waals surface area contributed by atoms with Crippen LogP contribution in [0.1, 0.15) is 11.3 Å². The van der Waals surface area contributed by atoms with Crippen LogP contribution in [0.5, 0.6) is 5.75 Å². The van der Waals surface area contributed by atoms with Crippen molar-refractivity contribution in [2.75, 3.05) is 19.5 Å². The molecule has 0 radical (unpaired) electrons. The first-order valence-corrected chi connectivity index (χ1v) is 6.73. The molecule has 2 rings (SSSR count). The van der Waals surface area contributed by atoms with E-state index in [0.717, 1.165) is 32.9 Å². The van der Waals surface area contributed by atoms with Gasteiger partial charge in [-0.25, -0.2) is 9.97 Å². The molecule has 0 aliphatic carbocycles. The molecule has 0 spiro atoms. The minimum atomic E-state index is 0.658. The number of halogens is 1. The van der Waals surface area contributed by atoms with Crippen molar-refractivity contribution < 1.29 is 4.74 Å². The van der Waals surface area contributed by atoms with Crippen molar-refractivity contribution in [3.8, 4) is 17.1 Å². The Kier molecular flexibility index (Phi) is 4.04. The SMILES string of the molecule is CNc1nc(-c2cc(Br)ccc2OC)nc(C)c1C. The molecule has 0 atom stereocenters. The summed E-state index contributed by atoms with van der Waals surface area (Å²) in [6.07, 6.45) is 0. The van der Waals surface area contributed by atoms with E-state index >= 15 is 0 Å². The first kappa shape index (κ1) is 13.8. The van der Waals surface area contributed by atoms with Gasteiger partial charge in [-0.05, 0) is 32.0 Å². The predicted molar refractivity (Wildman–Crippen MR) is 80.7 cm³/mol. The van der Waals surface area contributed by atoms with Crippen LogP contribution in [0.25, 0.3) is 11.4 Å². The molecule has 2 aromatic rings. The third-order valence-electron chi connectivity index (χ3n) is 3.03. The van der Waals surface area contributed by atoms with E-state index in [-0.39, 0.29) is 0 Å². The first-order chi connectivity index (χ1) is 9.06. The summed E-state index contributed by atoms with van der Waals surface area (Å²) in [4.78, 5) is 9.10. The molecule has 0 bridgehead atoms. The quantitative estimate of drug-likeness (QED) is 0.938. The van der Waals surface area contributed by atoms with Crippen LogP contribution in [-0.4, -0.2) is 24.1 Å². The van der Waals surface area contributed by atoms with Gasteiger partial charge in [0, 0.05) is 22.8 Å². The molecule has 0 fully saturated rings. The highest BCUT2D eigenvalue weighted by Crippen LogP contribution is 2.31. The number of aromatic nitrogens is 2. The van der Waals surface area contributed by atoms with Crippen molar-refractivity contribution in [2.24, 2.45) is 0 Å². The highest BCUT2D eigenvalue weighted by molar-refractivity contribution is 9.10. The van der Waals surface area contributed by atoms with Crippen molar-refractivity contribution in [1.29, 1.82) is 0 Å². The van der Waals surface area contributed by atoms with Crippen molar-refractivity contribution in [3.05, 3.63) is 33.9 Å². The average Bonchev–Trinajstić information content (AvgIpc) is 2.41. The van der Waals surface area contributed by atoms with Crippen LogP contribution in [0.4, 0.5) is 5.82 Å². The van der Waals surface area contributed by atoms with Gasteiger partial charge in [0.15, 0.2) is 5.82 Å². The monoisotopic (exact) mass is 321 g/mol. The molecular weight excluding hydrogens is 306 g/mol. The molecule has 1 aromatic carbocycles. The largest absolute Gasteiger partial charge is 0.496 e. The van der Waals surface area contributed by atoms with Gasteiger partial charge in [0.25, 0.3) is 0 Å². The second kappa shape index (κ2) is 5.57. The summed E-state index contributed by atoms with van der Waals surface area (Å²) in [5.41, 5.74) is 2.88. The van der Waals surface area contributed by atoms with Crippen LogP contribution in [0.15, 0.2) is 22.7 Å². The first-order valence-electron chi connectivity index (χ1n) is 5.93. The van der Waals surface area contributed by atoms with Gasteiger partial charge in [0.2, 0.25) is 0 Å². The van der Waals surface area contributed by atoms with E-state index in [1.54, 1.807) is 7.11 Å². The summed E-state index contributed by atoms with van der Waals surface area (Å²) < 4.78 is 6.35. The average molecular weight is 322 g/mol. The molecule has 0 aliphatic rings. The van der Waals surface area contributed by atoms with E-state index in [1.807, 2.05) is 39.1 Å². The van der Waals surface area contributed by atoms with Crippen molar-refractivity contribution in [2.45, 2.75) is 13.8 Å². The number of methoxy groups -OCH3 is 1. The molecule has 4 nitrogen and oxygen atoms in total. The summed E-state index contributed by atoms with van der Waals surface area (Å²) in [7, 11) is 3.50. The molecule has 19 heavy (non-hydrogen) atoms. The van der Waals surface area contributed by atoms with Gasteiger partial charge < -0.3 is 10.1 Å². The molecule has 1 N–H and O–H groups in total. The number of aryl methyl sites for hydroxylation is 1. The fourth-order valence-corrected chi connectivity index (χ4v) is 2.21. The van der Waals surface area contributed by atoms with Gasteiger partial charge in [0.1, 0.15) is 11.6 Å². The van der Waals surface area contributed by atoms with E-state index < -0.39 is 0 Å². The Labute approximate surface area is 121 Å². The maximum absolute atomic E-state index is 5.38. The number of ether oxygens (including phenoxy) is 1. The maximum Gasteiger partial charge on any atom is 0.165 e. The Morgan fingerprint density at radius 1 is 1.21 bits per heavy atom. The molecule has 1 aromatic heterocycles. The molecule has 5 heteroatoms. The molecule has 0 aliphatic heterocycles. The number of hydrogen-bond donors (Lipinski definition) is 1. The lowest BCUT2D eigenvalue weighted by molar-refractivity contribution is 0.416. The lowest BCUT2D eigenvalue weighted by Crippen LogP contribution is -2.03. The summed E-state index contributed by atoms with van der Waals surface area (Å²) in [6, 6.07) is 5.79. The zero-order valence-electron chi connectivity index (χ0n) is 11.4. The molecule has 0 amide bonds. The minimum Gasteiger partial charge on any atom is -0.496 e. The topological polar surface area (TPSA) is 47.0 Å². The van der Waals surface area contributed by atoms with Crippen LogP contribution in [0.2, 0.25) is 0 Å². The second-order valence-corrected chi connectivity index (χ2v) is 5.12. The van der Waals surface area contributed by atoms with E-state index in [9.17, 15) is 0 Å². The second-order valence-electron chi connectivity index (χ2n) is 4.20. The van der Waals surface area contributed by atoms with E-state index in [0.29, 0.717) is 5.82 Å². The zero-order chi connectivity index (χ0) is 14.0. The number of hydrogen-bond acceptors (Lipinski definition) is 4. The van der Waals surface area contributed by atoms with E-state index in [1.165, 1.54) is 0 Å². The van der Waals surface area contributed by atoms with Gasteiger partial charge in [-0.2, -0.15) is 0 Å². The summed E-state index contributed by atoms with van der Waals surface area (Å²) in [5, 5.41) is 3.09. The van der Waals surface area contributed by atoms with Gasteiger partial charge in [-0.3, -0.25) is 0 Å². The summed E-state index contributed by atoms with van der Waals surface area (Å²) in [6.45, 7) is 3.98.